The normalized spacial score (nSPS) is 11.0. The number of aromatic nitrogens is 4. The highest BCUT2D eigenvalue weighted by Gasteiger charge is 2.17. The fourth-order valence-corrected chi connectivity index (χ4v) is 2.20. The molecule has 0 aliphatic carbocycles. The lowest BCUT2D eigenvalue weighted by Crippen LogP contribution is -2.18. The van der Waals surface area contributed by atoms with Gasteiger partial charge in [-0.1, -0.05) is 22.8 Å². The van der Waals surface area contributed by atoms with E-state index in [0.29, 0.717) is 5.89 Å². The van der Waals surface area contributed by atoms with Gasteiger partial charge in [0.2, 0.25) is 11.8 Å². The summed E-state index contributed by atoms with van der Waals surface area (Å²) in [6.45, 7) is 1.62. The maximum Gasteiger partial charge on any atom is 0.442 e. The van der Waals surface area contributed by atoms with Crippen LogP contribution in [-0.4, -0.2) is 19.9 Å². The molecule has 1 aromatic carbocycles. The number of nitrogens with zero attached hydrogens (tertiary/aromatic N) is 4. The van der Waals surface area contributed by atoms with Crippen molar-refractivity contribution in [1.82, 2.24) is 19.9 Å². The smallest absolute Gasteiger partial charge is 0.424 e. The summed E-state index contributed by atoms with van der Waals surface area (Å²) in [5, 5.41) is 11.4. The number of hydrogen-bond acceptors (Lipinski definition) is 6. The van der Waals surface area contributed by atoms with Crippen LogP contribution in [0.3, 0.4) is 0 Å². The van der Waals surface area contributed by atoms with E-state index < -0.39 is 11.6 Å². The largest absolute Gasteiger partial charge is 0.442 e. The molecule has 7 nitrogen and oxygen atoms in total. The molecule has 0 saturated heterocycles. The zero-order chi connectivity index (χ0) is 15.7. The van der Waals surface area contributed by atoms with Crippen molar-refractivity contribution in [2.45, 2.75) is 19.9 Å². The summed E-state index contributed by atoms with van der Waals surface area (Å²) in [6.07, 6.45) is 0.00433. The fraction of sp³-hybridized carbons (Fsp3) is 0.231. The predicted octanol–water partition coefficient (Wildman–Crippen LogP) is 1.96. The van der Waals surface area contributed by atoms with Crippen LogP contribution >= 0.6 is 11.6 Å². The number of aryl methyl sites for hydroxylation is 1. The molecule has 0 radical (unpaired) electrons. The molecule has 0 fully saturated rings. The lowest BCUT2D eigenvalue weighted by molar-refractivity contribution is 0.370. The Morgan fingerprint density at radius 3 is 2.86 bits per heavy atom. The Kier molecular flexibility index (Phi) is 3.76. The number of benzene rings is 1. The lowest BCUT2D eigenvalue weighted by Gasteiger charge is -2.05. The van der Waals surface area contributed by atoms with Crippen molar-refractivity contribution in [3.05, 3.63) is 62.8 Å². The fourth-order valence-electron chi connectivity index (χ4n) is 1.98. The molecule has 9 heteroatoms. The molecule has 0 bridgehead atoms. The number of hydrogen-bond donors (Lipinski definition) is 0. The van der Waals surface area contributed by atoms with Crippen molar-refractivity contribution >= 4 is 11.6 Å². The van der Waals surface area contributed by atoms with E-state index >= 15 is 0 Å². The van der Waals surface area contributed by atoms with Crippen LogP contribution in [0.25, 0.3) is 0 Å². The van der Waals surface area contributed by atoms with E-state index in [1.807, 2.05) is 0 Å². The molecule has 0 saturated carbocycles. The van der Waals surface area contributed by atoms with Crippen LogP contribution in [0.5, 0.6) is 0 Å². The first kappa shape index (κ1) is 14.5. The molecule has 2 aromatic heterocycles. The Bertz CT molecular complexity index is 850. The van der Waals surface area contributed by atoms with Gasteiger partial charge < -0.3 is 4.42 Å². The summed E-state index contributed by atoms with van der Waals surface area (Å²) in [7, 11) is 0. The van der Waals surface area contributed by atoms with Crippen LogP contribution in [0.4, 0.5) is 4.39 Å². The maximum atomic E-state index is 13.8. The molecule has 0 aliphatic heterocycles. The molecule has 0 atom stereocenters. The summed E-state index contributed by atoms with van der Waals surface area (Å²) in [4.78, 5) is 11.7. The molecule has 22 heavy (non-hydrogen) atoms. The van der Waals surface area contributed by atoms with E-state index in [9.17, 15) is 9.18 Å². The van der Waals surface area contributed by atoms with Gasteiger partial charge in [0, 0.05) is 23.9 Å². The van der Waals surface area contributed by atoms with Crippen molar-refractivity contribution in [3.63, 3.8) is 0 Å². The van der Waals surface area contributed by atoms with Crippen molar-refractivity contribution < 1.29 is 13.3 Å². The molecule has 0 N–H and O–H groups in total. The third-order valence-corrected chi connectivity index (χ3v) is 3.37. The first-order chi connectivity index (χ1) is 10.5. The van der Waals surface area contributed by atoms with E-state index in [0.717, 1.165) is 0 Å². The summed E-state index contributed by atoms with van der Waals surface area (Å²) >= 11 is 5.98. The van der Waals surface area contributed by atoms with Crippen molar-refractivity contribution in [2.75, 3.05) is 0 Å². The van der Waals surface area contributed by atoms with Gasteiger partial charge in [0.25, 0.3) is 0 Å². The topological polar surface area (TPSA) is 87.0 Å². The molecule has 0 aliphatic rings. The third kappa shape index (κ3) is 2.77. The molecule has 0 spiro atoms. The average Bonchev–Trinajstić information content (AvgIpc) is 3.03. The second kappa shape index (κ2) is 5.72. The Morgan fingerprint density at radius 1 is 1.36 bits per heavy atom. The first-order valence-electron chi connectivity index (χ1n) is 6.32. The first-order valence-corrected chi connectivity index (χ1v) is 6.69. The molecule has 0 amide bonds. The van der Waals surface area contributed by atoms with Gasteiger partial charge in [-0.2, -0.15) is 0 Å². The Morgan fingerprint density at radius 2 is 2.18 bits per heavy atom. The Labute approximate surface area is 128 Å². The van der Waals surface area contributed by atoms with Crippen molar-refractivity contribution in [3.8, 4) is 0 Å². The summed E-state index contributed by atoms with van der Waals surface area (Å²) in [6, 6.07) is 4.34. The van der Waals surface area contributed by atoms with Gasteiger partial charge in [-0.3, -0.25) is 9.09 Å². The minimum atomic E-state index is -0.696. The van der Waals surface area contributed by atoms with Gasteiger partial charge in [0.15, 0.2) is 5.82 Å². The van der Waals surface area contributed by atoms with E-state index in [1.165, 1.54) is 16.7 Å². The van der Waals surface area contributed by atoms with Crippen molar-refractivity contribution in [2.24, 2.45) is 0 Å². The van der Waals surface area contributed by atoms with Gasteiger partial charge in [0.05, 0.1) is 0 Å². The Hall–Kier alpha value is -2.48. The van der Waals surface area contributed by atoms with E-state index in [-0.39, 0.29) is 35.3 Å². The van der Waals surface area contributed by atoms with Crippen LogP contribution < -0.4 is 5.76 Å². The highest BCUT2D eigenvalue weighted by Crippen LogP contribution is 2.21. The zero-order valence-electron chi connectivity index (χ0n) is 11.4. The second-order valence-electron chi connectivity index (χ2n) is 4.54. The highest BCUT2D eigenvalue weighted by molar-refractivity contribution is 6.31. The molecular formula is C13H10ClFN4O3. The van der Waals surface area contributed by atoms with Gasteiger partial charge in [-0.05, 0) is 12.1 Å². The average molecular weight is 325 g/mol. The summed E-state index contributed by atoms with van der Waals surface area (Å²) in [5.74, 6) is -0.365. The van der Waals surface area contributed by atoms with Crippen LogP contribution in [0.1, 0.15) is 23.2 Å². The lowest BCUT2D eigenvalue weighted by atomic mass is 10.1. The predicted molar refractivity (Wildman–Crippen MR) is 73.1 cm³/mol. The minimum absolute atomic E-state index is 0.00433. The van der Waals surface area contributed by atoms with Crippen LogP contribution in [0, 0.1) is 12.7 Å². The minimum Gasteiger partial charge on any atom is -0.424 e. The van der Waals surface area contributed by atoms with Gasteiger partial charge in [0.1, 0.15) is 12.4 Å². The van der Waals surface area contributed by atoms with E-state index in [4.69, 9.17) is 16.0 Å². The maximum absolute atomic E-state index is 13.8. The number of halogens is 2. The van der Waals surface area contributed by atoms with Gasteiger partial charge in [-0.25, -0.2) is 9.18 Å². The molecule has 2 heterocycles. The SMILES string of the molecule is Cc1nnc(Cn2c(Cc3c(F)cccc3Cl)noc2=O)o1. The highest BCUT2D eigenvalue weighted by atomic mass is 35.5. The monoisotopic (exact) mass is 324 g/mol. The zero-order valence-corrected chi connectivity index (χ0v) is 12.2. The Balaban J connectivity index is 1.94. The van der Waals surface area contributed by atoms with E-state index in [1.54, 1.807) is 13.0 Å². The van der Waals surface area contributed by atoms with E-state index in [2.05, 4.69) is 19.9 Å². The quantitative estimate of drug-likeness (QED) is 0.729. The van der Waals surface area contributed by atoms with Gasteiger partial charge >= 0.3 is 5.76 Å². The van der Waals surface area contributed by atoms with Crippen LogP contribution in [0.15, 0.2) is 31.9 Å². The molecule has 0 unspecified atom stereocenters. The van der Waals surface area contributed by atoms with Crippen LogP contribution in [0.2, 0.25) is 5.02 Å². The van der Waals surface area contributed by atoms with Gasteiger partial charge in [-0.15, -0.1) is 10.2 Å². The molecule has 114 valence electrons. The van der Waals surface area contributed by atoms with Crippen LogP contribution in [-0.2, 0) is 13.0 Å². The molecule has 3 rings (SSSR count). The standard InChI is InChI=1S/C13H10ClFN4O3/c1-7-16-17-12(21-7)6-19-11(18-22-13(19)20)5-8-9(14)3-2-4-10(8)15/h2-4H,5-6H2,1H3. The molecule has 3 aromatic rings. The second-order valence-corrected chi connectivity index (χ2v) is 4.95. The summed E-state index contributed by atoms with van der Waals surface area (Å²) < 4.78 is 24.9. The molecular weight excluding hydrogens is 315 g/mol. The van der Waals surface area contributed by atoms with Crippen molar-refractivity contribution in [1.29, 1.82) is 0 Å². The number of rotatable bonds is 4. The third-order valence-electron chi connectivity index (χ3n) is 3.02. The summed E-state index contributed by atoms with van der Waals surface area (Å²) in [5.41, 5.74) is 0.230.